The maximum Gasteiger partial charge on any atom is 0.253 e. The summed E-state index contributed by atoms with van der Waals surface area (Å²) in [5.41, 5.74) is 6.37. The number of rotatable bonds is 3. The van der Waals surface area contributed by atoms with Gasteiger partial charge in [-0.05, 0) is 25.0 Å². The van der Waals surface area contributed by atoms with Gasteiger partial charge in [-0.3, -0.25) is 4.79 Å². The predicted octanol–water partition coefficient (Wildman–Crippen LogP) is 1.08. The molecule has 0 radical (unpaired) electrons. The first-order valence-electron chi connectivity index (χ1n) is 6.59. The van der Waals surface area contributed by atoms with Gasteiger partial charge in [-0.15, -0.1) is 0 Å². The van der Waals surface area contributed by atoms with E-state index in [1.54, 1.807) is 18.2 Å². The van der Waals surface area contributed by atoms with Gasteiger partial charge in [0.15, 0.2) is 0 Å². The Bertz CT molecular complexity index is 640. The van der Waals surface area contributed by atoms with Crippen LogP contribution in [0.5, 0.6) is 0 Å². The minimum Gasteiger partial charge on any atom is -0.398 e. The molecule has 0 aliphatic carbocycles. The molecule has 3 N–H and O–H groups in total. The fraction of sp³-hybridized carbons (Fsp3) is 0.462. The Morgan fingerprint density at radius 3 is 2.57 bits per heavy atom. The topological polar surface area (TPSA) is 92.5 Å². The molecule has 1 aromatic carbocycles. The van der Waals surface area contributed by atoms with E-state index in [0.717, 1.165) is 0 Å². The summed E-state index contributed by atoms with van der Waals surface area (Å²) in [5, 5.41) is 3.11. The number of amides is 1. The van der Waals surface area contributed by atoms with Crippen molar-refractivity contribution in [3.05, 3.63) is 28.8 Å². The number of carbonyl (C=O) groups is 1. The van der Waals surface area contributed by atoms with Crippen LogP contribution in [0.4, 0.5) is 5.69 Å². The van der Waals surface area contributed by atoms with Gasteiger partial charge in [0.05, 0.1) is 22.5 Å². The van der Waals surface area contributed by atoms with Crippen LogP contribution in [0.1, 0.15) is 23.2 Å². The Balaban J connectivity index is 1.98. The van der Waals surface area contributed by atoms with Gasteiger partial charge < -0.3 is 11.1 Å². The Hall–Kier alpha value is -1.31. The molecule has 116 valence electrons. The zero-order chi connectivity index (χ0) is 15.6. The second kappa shape index (κ2) is 6.21. The molecule has 0 aromatic heterocycles. The van der Waals surface area contributed by atoms with Gasteiger partial charge in [-0.2, -0.15) is 0 Å². The number of carbonyl (C=O) groups excluding carboxylic acids is 1. The molecular formula is C13H18ClN3O3S. The van der Waals surface area contributed by atoms with E-state index in [2.05, 4.69) is 5.32 Å². The van der Waals surface area contributed by atoms with Crippen molar-refractivity contribution in [1.82, 2.24) is 9.62 Å². The van der Waals surface area contributed by atoms with Crippen LogP contribution in [0, 0.1) is 0 Å². The standard InChI is InChI=1S/C13H18ClN3O3S/c1-21(19,20)17-7-5-9(6-8-17)16-13(18)10-3-2-4-11(15)12(10)14/h2-4,9H,5-8,15H2,1H3,(H,16,18). The van der Waals surface area contributed by atoms with Crippen LogP contribution < -0.4 is 11.1 Å². The van der Waals surface area contributed by atoms with Gasteiger partial charge in [0.2, 0.25) is 10.0 Å². The highest BCUT2D eigenvalue weighted by atomic mass is 35.5. The van der Waals surface area contributed by atoms with Crippen molar-refractivity contribution in [2.24, 2.45) is 0 Å². The summed E-state index contributed by atoms with van der Waals surface area (Å²) in [5.74, 6) is -0.287. The summed E-state index contributed by atoms with van der Waals surface area (Å²) < 4.78 is 24.3. The molecule has 6 nitrogen and oxygen atoms in total. The van der Waals surface area contributed by atoms with Gasteiger partial charge >= 0.3 is 0 Å². The van der Waals surface area contributed by atoms with Crippen molar-refractivity contribution >= 4 is 33.2 Å². The lowest BCUT2D eigenvalue weighted by Crippen LogP contribution is -2.46. The number of nitrogens with zero attached hydrogens (tertiary/aromatic N) is 1. The van der Waals surface area contributed by atoms with E-state index in [0.29, 0.717) is 37.2 Å². The summed E-state index contributed by atoms with van der Waals surface area (Å²) in [6, 6.07) is 4.85. The normalized spacial score (nSPS) is 17.6. The maximum atomic E-state index is 12.2. The monoisotopic (exact) mass is 331 g/mol. The van der Waals surface area contributed by atoms with Crippen molar-refractivity contribution in [1.29, 1.82) is 0 Å². The number of sulfonamides is 1. The number of piperidine rings is 1. The van der Waals surface area contributed by atoms with E-state index in [4.69, 9.17) is 17.3 Å². The quantitative estimate of drug-likeness (QED) is 0.810. The SMILES string of the molecule is CS(=O)(=O)N1CCC(NC(=O)c2cccc(N)c2Cl)CC1. The Morgan fingerprint density at radius 1 is 1.38 bits per heavy atom. The molecule has 1 heterocycles. The largest absolute Gasteiger partial charge is 0.398 e. The Morgan fingerprint density at radius 2 is 2.00 bits per heavy atom. The number of halogens is 1. The summed E-state index contributed by atoms with van der Waals surface area (Å²) in [4.78, 5) is 12.2. The number of nitrogens with two attached hydrogens (primary N) is 1. The Kier molecular flexibility index (Phi) is 4.75. The van der Waals surface area contributed by atoms with Crippen molar-refractivity contribution < 1.29 is 13.2 Å². The van der Waals surface area contributed by atoms with E-state index in [1.165, 1.54) is 10.6 Å². The lowest BCUT2D eigenvalue weighted by molar-refractivity contribution is 0.0924. The molecule has 1 aliphatic heterocycles. The highest BCUT2D eigenvalue weighted by Gasteiger charge is 2.26. The number of hydrogen-bond acceptors (Lipinski definition) is 4. The average Bonchev–Trinajstić information content (AvgIpc) is 2.41. The van der Waals surface area contributed by atoms with Crippen LogP contribution in [0.25, 0.3) is 0 Å². The molecule has 21 heavy (non-hydrogen) atoms. The summed E-state index contributed by atoms with van der Waals surface area (Å²) >= 11 is 6.02. The zero-order valence-electron chi connectivity index (χ0n) is 11.7. The second-order valence-corrected chi connectivity index (χ2v) is 7.48. The van der Waals surface area contributed by atoms with Crippen LogP contribution in [-0.2, 0) is 10.0 Å². The number of benzene rings is 1. The summed E-state index contributed by atoms with van der Waals surface area (Å²) in [6.45, 7) is 0.822. The molecule has 8 heteroatoms. The first kappa shape index (κ1) is 16.1. The fourth-order valence-electron chi connectivity index (χ4n) is 2.32. The third-order valence-corrected chi connectivity index (χ3v) is 5.26. The first-order chi connectivity index (χ1) is 9.79. The van der Waals surface area contributed by atoms with Crippen molar-refractivity contribution in [2.75, 3.05) is 25.1 Å². The minimum absolute atomic E-state index is 0.0620. The first-order valence-corrected chi connectivity index (χ1v) is 8.81. The van der Waals surface area contributed by atoms with Crippen molar-refractivity contribution in [3.8, 4) is 0 Å². The average molecular weight is 332 g/mol. The zero-order valence-corrected chi connectivity index (χ0v) is 13.2. The molecule has 0 unspecified atom stereocenters. The number of nitrogens with one attached hydrogen (secondary N) is 1. The van der Waals surface area contributed by atoms with Crippen LogP contribution in [0.3, 0.4) is 0 Å². The molecule has 1 amide bonds. The maximum absolute atomic E-state index is 12.2. The van der Waals surface area contributed by atoms with E-state index in [-0.39, 0.29) is 17.0 Å². The molecule has 0 atom stereocenters. The lowest BCUT2D eigenvalue weighted by atomic mass is 10.1. The molecule has 0 bridgehead atoms. The van der Waals surface area contributed by atoms with Crippen LogP contribution in [0.15, 0.2) is 18.2 Å². The van der Waals surface area contributed by atoms with Crippen LogP contribution >= 0.6 is 11.6 Å². The van der Waals surface area contributed by atoms with Crippen LogP contribution in [0.2, 0.25) is 5.02 Å². The molecule has 2 rings (SSSR count). The molecular weight excluding hydrogens is 314 g/mol. The van der Waals surface area contributed by atoms with E-state index >= 15 is 0 Å². The Labute approximate surface area is 129 Å². The third kappa shape index (κ3) is 3.87. The van der Waals surface area contributed by atoms with Gasteiger partial charge in [0.25, 0.3) is 5.91 Å². The second-order valence-electron chi connectivity index (χ2n) is 5.12. The summed E-state index contributed by atoms with van der Waals surface area (Å²) in [6.07, 6.45) is 2.36. The molecule has 1 aromatic rings. The van der Waals surface area contributed by atoms with Gasteiger partial charge in [0.1, 0.15) is 0 Å². The number of anilines is 1. The number of hydrogen-bond donors (Lipinski definition) is 2. The van der Waals surface area contributed by atoms with Crippen LogP contribution in [-0.4, -0.2) is 44.0 Å². The van der Waals surface area contributed by atoms with Gasteiger partial charge in [-0.25, -0.2) is 12.7 Å². The molecule has 0 spiro atoms. The van der Waals surface area contributed by atoms with Crippen molar-refractivity contribution in [3.63, 3.8) is 0 Å². The highest BCUT2D eigenvalue weighted by molar-refractivity contribution is 7.88. The van der Waals surface area contributed by atoms with E-state index in [1.807, 2.05) is 0 Å². The molecule has 0 saturated carbocycles. The molecule has 1 aliphatic rings. The third-order valence-electron chi connectivity index (χ3n) is 3.53. The number of nitrogen functional groups attached to an aromatic ring is 1. The summed E-state index contributed by atoms with van der Waals surface area (Å²) in [7, 11) is -3.16. The molecule has 1 saturated heterocycles. The highest BCUT2D eigenvalue weighted by Crippen LogP contribution is 2.23. The van der Waals surface area contributed by atoms with E-state index in [9.17, 15) is 13.2 Å². The van der Waals surface area contributed by atoms with Gasteiger partial charge in [0, 0.05) is 19.1 Å². The lowest BCUT2D eigenvalue weighted by Gasteiger charge is -2.30. The van der Waals surface area contributed by atoms with Crippen molar-refractivity contribution in [2.45, 2.75) is 18.9 Å². The smallest absolute Gasteiger partial charge is 0.253 e. The minimum atomic E-state index is -3.16. The molecule has 1 fully saturated rings. The predicted molar refractivity (Wildman–Crippen MR) is 82.8 cm³/mol. The van der Waals surface area contributed by atoms with Gasteiger partial charge in [-0.1, -0.05) is 17.7 Å². The van der Waals surface area contributed by atoms with E-state index < -0.39 is 10.0 Å². The fourth-order valence-corrected chi connectivity index (χ4v) is 3.41.